The predicted molar refractivity (Wildman–Crippen MR) is 109 cm³/mol. The smallest absolute Gasteiger partial charge is 0.251 e. The van der Waals surface area contributed by atoms with Gasteiger partial charge in [-0.05, 0) is 49.1 Å². The standard InChI is InChI=1S/C22H24N2O2S/c1-15-6-2-3-7-17(15)13-24-19-12-16(10-11-20(19)27-14-21(24)25)22(26)23-18-8-4-5-9-18/h2-3,6-7,10-12,18H,4-5,8-9,13-14H2,1H3,(H,23,26). The maximum atomic E-state index is 12.7. The van der Waals surface area contributed by atoms with E-state index in [1.54, 1.807) is 11.8 Å². The van der Waals surface area contributed by atoms with Crippen molar-refractivity contribution in [3.8, 4) is 0 Å². The van der Waals surface area contributed by atoms with Gasteiger partial charge in [-0.3, -0.25) is 9.59 Å². The lowest BCUT2D eigenvalue weighted by Crippen LogP contribution is -2.36. The zero-order chi connectivity index (χ0) is 18.8. The average Bonchev–Trinajstić information content (AvgIpc) is 3.18. The van der Waals surface area contributed by atoms with E-state index in [0.29, 0.717) is 17.9 Å². The van der Waals surface area contributed by atoms with E-state index in [1.807, 2.05) is 35.2 Å². The molecule has 2 aliphatic rings. The fourth-order valence-electron chi connectivity index (χ4n) is 3.81. The minimum Gasteiger partial charge on any atom is -0.349 e. The molecule has 0 saturated heterocycles. The minimum atomic E-state index is -0.0384. The van der Waals surface area contributed by atoms with Crippen LogP contribution < -0.4 is 10.2 Å². The Bertz CT molecular complexity index is 874. The predicted octanol–water partition coefficient (Wildman–Crippen LogP) is 4.31. The van der Waals surface area contributed by atoms with Gasteiger partial charge >= 0.3 is 0 Å². The molecule has 0 spiro atoms. The highest BCUT2D eigenvalue weighted by molar-refractivity contribution is 8.00. The van der Waals surface area contributed by atoms with Crippen LogP contribution in [-0.2, 0) is 11.3 Å². The normalized spacial score (nSPS) is 17.1. The van der Waals surface area contributed by atoms with Crippen LogP contribution in [0.1, 0.15) is 47.2 Å². The molecule has 1 aliphatic heterocycles. The van der Waals surface area contributed by atoms with Gasteiger partial charge in [0.15, 0.2) is 0 Å². The topological polar surface area (TPSA) is 49.4 Å². The van der Waals surface area contributed by atoms with Crippen LogP contribution in [0.25, 0.3) is 0 Å². The number of carbonyl (C=O) groups is 2. The first kappa shape index (κ1) is 18.1. The third kappa shape index (κ3) is 3.88. The molecule has 1 fully saturated rings. The molecule has 4 rings (SSSR count). The molecule has 0 atom stereocenters. The number of thioether (sulfide) groups is 1. The summed E-state index contributed by atoms with van der Waals surface area (Å²) in [6.45, 7) is 2.59. The Kier molecular flexibility index (Phi) is 5.21. The molecule has 0 unspecified atom stereocenters. The van der Waals surface area contributed by atoms with Gasteiger partial charge in [-0.1, -0.05) is 37.1 Å². The Hall–Kier alpha value is -2.27. The minimum absolute atomic E-state index is 0.0384. The van der Waals surface area contributed by atoms with Gasteiger partial charge < -0.3 is 10.2 Å². The molecule has 1 saturated carbocycles. The Morgan fingerprint density at radius 3 is 2.74 bits per heavy atom. The molecule has 1 heterocycles. The molecule has 4 nitrogen and oxygen atoms in total. The lowest BCUT2D eigenvalue weighted by Gasteiger charge is -2.30. The summed E-state index contributed by atoms with van der Waals surface area (Å²) >= 11 is 1.55. The summed E-state index contributed by atoms with van der Waals surface area (Å²) in [4.78, 5) is 28.2. The van der Waals surface area contributed by atoms with Crippen molar-refractivity contribution in [1.29, 1.82) is 0 Å². The highest BCUT2D eigenvalue weighted by Crippen LogP contribution is 2.37. The lowest BCUT2D eigenvalue weighted by molar-refractivity contribution is -0.116. The van der Waals surface area contributed by atoms with Gasteiger partial charge in [-0.2, -0.15) is 0 Å². The fraction of sp³-hybridized carbons (Fsp3) is 0.364. The second-order valence-electron chi connectivity index (χ2n) is 7.33. The van der Waals surface area contributed by atoms with E-state index in [2.05, 4.69) is 24.4 Å². The summed E-state index contributed by atoms with van der Waals surface area (Å²) in [5.74, 6) is 0.486. The van der Waals surface area contributed by atoms with Gasteiger partial charge in [0.1, 0.15) is 0 Å². The van der Waals surface area contributed by atoms with E-state index in [-0.39, 0.29) is 17.9 Å². The number of benzene rings is 2. The van der Waals surface area contributed by atoms with Crippen LogP contribution in [0.15, 0.2) is 47.4 Å². The number of hydrogen-bond acceptors (Lipinski definition) is 3. The third-order valence-electron chi connectivity index (χ3n) is 5.44. The molecule has 0 radical (unpaired) electrons. The molecule has 1 N–H and O–H groups in total. The first-order valence-electron chi connectivity index (χ1n) is 9.54. The Morgan fingerprint density at radius 1 is 1.19 bits per heavy atom. The highest BCUT2D eigenvalue weighted by Gasteiger charge is 2.27. The van der Waals surface area contributed by atoms with Crippen LogP contribution in [-0.4, -0.2) is 23.6 Å². The van der Waals surface area contributed by atoms with Crippen molar-refractivity contribution in [3.63, 3.8) is 0 Å². The van der Waals surface area contributed by atoms with Crippen molar-refractivity contribution in [2.75, 3.05) is 10.7 Å². The molecule has 0 aromatic heterocycles. The van der Waals surface area contributed by atoms with E-state index in [9.17, 15) is 9.59 Å². The van der Waals surface area contributed by atoms with Crippen LogP contribution in [0.4, 0.5) is 5.69 Å². The summed E-state index contributed by atoms with van der Waals surface area (Å²) in [7, 11) is 0. The number of carbonyl (C=O) groups excluding carboxylic acids is 2. The number of fused-ring (bicyclic) bond motifs is 1. The van der Waals surface area contributed by atoms with Crippen LogP contribution in [0, 0.1) is 6.92 Å². The van der Waals surface area contributed by atoms with Gasteiger partial charge in [0.2, 0.25) is 5.91 Å². The number of nitrogens with one attached hydrogen (secondary N) is 1. The monoisotopic (exact) mass is 380 g/mol. The van der Waals surface area contributed by atoms with Gasteiger partial charge in [-0.25, -0.2) is 0 Å². The van der Waals surface area contributed by atoms with Crippen molar-refractivity contribution < 1.29 is 9.59 Å². The maximum absolute atomic E-state index is 12.7. The van der Waals surface area contributed by atoms with Crippen molar-refractivity contribution in [2.45, 2.75) is 50.1 Å². The fourth-order valence-corrected chi connectivity index (χ4v) is 4.73. The molecule has 5 heteroatoms. The van der Waals surface area contributed by atoms with Gasteiger partial charge in [-0.15, -0.1) is 11.8 Å². The molecule has 140 valence electrons. The van der Waals surface area contributed by atoms with Crippen LogP contribution in [0.3, 0.4) is 0 Å². The molecule has 27 heavy (non-hydrogen) atoms. The number of amides is 2. The molecule has 2 aromatic carbocycles. The van der Waals surface area contributed by atoms with Crippen molar-refractivity contribution in [1.82, 2.24) is 5.32 Å². The first-order chi connectivity index (χ1) is 13.1. The number of anilines is 1. The van der Waals surface area contributed by atoms with E-state index in [4.69, 9.17) is 0 Å². The van der Waals surface area contributed by atoms with E-state index < -0.39 is 0 Å². The summed E-state index contributed by atoms with van der Waals surface area (Å²) in [5, 5.41) is 3.14. The zero-order valence-electron chi connectivity index (χ0n) is 15.5. The Labute approximate surface area is 164 Å². The molecule has 0 bridgehead atoms. The van der Waals surface area contributed by atoms with E-state index in [1.165, 1.54) is 18.4 Å². The highest BCUT2D eigenvalue weighted by atomic mass is 32.2. The lowest BCUT2D eigenvalue weighted by atomic mass is 10.1. The summed E-state index contributed by atoms with van der Waals surface area (Å²) < 4.78 is 0. The van der Waals surface area contributed by atoms with Crippen molar-refractivity contribution >= 4 is 29.3 Å². The molecule has 2 aromatic rings. The summed E-state index contributed by atoms with van der Waals surface area (Å²) in [6.07, 6.45) is 4.49. The van der Waals surface area contributed by atoms with Crippen LogP contribution in [0.5, 0.6) is 0 Å². The molecular formula is C22H24N2O2S. The van der Waals surface area contributed by atoms with Crippen molar-refractivity contribution in [3.05, 3.63) is 59.2 Å². The Balaban J connectivity index is 1.61. The SMILES string of the molecule is Cc1ccccc1CN1C(=O)CSc2ccc(C(=O)NC3CCCC3)cc21. The van der Waals surface area contributed by atoms with Crippen LogP contribution in [0.2, 0.25) is 0 Å². The van der Waals surface area contributed by atoms with Gasteiger partial charge in [0.25, 0.3) is 5.91 Å². The maximum Gasteiger partial charge on any atom is 0.251 e. The summed E-state index contributed by atoms with van der Waals surface area (Å²) in [5.41, 5.74) is 3.77. The largest absolute Gasteiger partial charge is 0.349 e. The van der Waals surface area contributed by atoms with Crippen molar-refractivity contribution in [2.24, 2.45) is 0 Å². The number of aryl methyl sites for hydroxylation is 1. The summed E-state index contributed by atoms with van der Waals surface area (Å²) in [6, 6.07) is 14.1. The van der Waals surface area contributed by atoms with E-state index >= 15 is 0 Å². The second-order valence-corrected chi connectivity index (χ2v) is 8.35. The second kappa shape index (κ2) is 7.77. The molecule has 2 amide bonds. The number of rotatable bonds is 4. The number of nitrogens with zero attached hydrogens (tertiary/aromatic N) is 1. The molecular weight excluding hydrogens is 356 g/mol. The first-order valence-corrected chi connectivity index (χ1v) is 10.5. The van der Waals surface area contributed by atoms with Gasteiger partial charge in [0.05, 0.1) is 18.0 Å². The van der Waals surface area contributed by atoms with Gasteiger partial charge in [0, 0.05) is 16.5 Å². The number of hydrogen-bond donors (Lipinski definition) is 1. The zero-order valence-corrected chi connectivity index (χ0v) is 16.3. The Morgan fingerprint density at radius 2 is 1.96 bits per heavy atom. The molecule has 1 aliphatic carbocycles. The third-order valence-corrected chi connectivity index (χ3v) is 6.49. The quantitative estimate of drug-likeness (QED) is 0.860. The average molecular weight is 381 g/mol. The van der Waals surface area contributed by atoms with E-state index in [0.717, 1.165) is 29.0 Å². The van der Waals surface area contributed by atoms with Crippen LogP contribution >= 0.6 is 11.8 Å².